The third-order valence-corrected chi connectivity index (χ3v) is 6.35. The highest BCUT2D eigenvalue weighted by molar-refractivity contribution is 7.92. The Bertz CT molecular complexity index is 1230. The van der Waals surface area contributed by atoms with Gasteiger partial charge >= 0.3 is 0 Å². The normalized spacial score (nSPS) is 11.1. The summed E-state index contributed by atoms with van der Waals surface area (Å²) in [6.07, 6.45) is 1.70. The first-order chi connectivity index (χ1) is 16.2. The van der Waals surface area contributed by atoms with Crippen LogP contribution in [-0.4, -0.2) is 41.3 Å². The van der Waals surface area contributed by atoms with E-state index in [-0.39, 0.29) is 12.5 Å². The molecule has 0 atom stereocenters. The lowest BCUT2D eigenvalue weighted by Crippen LogP contribution is -2.29. The van der Waals surface area contributed by atoms with Crippen LogP contribution in [0.4, 0.5) is 10.1 Å². The molecule has 7 nitrogen and oxygen atoms in total. The van der Waals surface area contributed by atoms with Gasteiger partial charge in [-0.1, -0.05) is 18.2 Å². The molecule has 3 aromatic rings. The topological polar surface area (TPSA) is 84.9 Å². The van der Waals surface area contributed by atoms with Crippen LogP contribution in [-0.2, 0) is 23.0 Å². The second-order valence-corrected chi connectivity index (χ2v) is 9.55. The van der Waals surface area contributed by atoms with E-state index in [1.165, 1.54) is 28.6 Å². The van der Waals surface area contributed by atoms with Crippen LogP contribution in [0.15, 0.2) is 66.7 Å². The summed E-state index contributed by atoms with van der Waals surface area (Å²) >= 11 is 0. The molecule has 0 aromatic heterocycles. The van der Waals surface area contributed by atoms with Gasteiger partial charge in [0.15, 0.2) is 11.5 Å². The maximum atomic E-state index is 13.2. The second-order valence-electron chi connectivity index (χ2n) is 7.64. The summed E-state index contributed by atoms with van der Waals surface area (Å²) in [5.41, 5.74) is 2.45. The van der Waals surface area contributed by atoms with Gasteiger partial charge in [0.2, 0.25) is 10.0 Å². The Morgan fingerprint density at radius 2 is 1.53 bits per heavy atom. The van der Waals surface area contributed by atoms with Crippen molar-refractivity contribution < 1.29 is 27.1 Å². The summed E-state index contributed by atoms with van der Waals surface area (Å²) in [5, 5.41) is 2.86. The molecule has 0 fully saturated rings. The molecule has 0 aliphatic heterocycles. The minimum absolute atomic E-state index is 0.0516. The molecule has 0 bridgehead atoms. The summed E-state index contributed by atoms with van der Waals surface area (Å²) < 4.78 is 49.6. The lowest BCUT2D eigenvalue weighted by molar-refractivity contribution is 0.0954. The van der Waals surface area contributed by atoms with Crippen LogP contribution in [0.3, 0.4) is 0 Å². The number of anilines is 1. The third kappa shape index (κ3) is 6.48. The lowest BCUT2D eigenvalue weighted by atomic mass is 10.1. The number of sulfonamides is 1. The fraction of sp³-hybridized carbons (Fsp3) is 0.240. The van der Waals surface area contributed by atoms with Gasteiger partial charge in [-0.2, -0.15) is 0 Å². The number of rotatable bonds is 10. The van der Waals surface area contributed by atoms with Gasteiger partial charge in [0.05, 0.1) is 32.7 Å². The maximum Gasteiger partial charge on any atom is 0.251 e. The van der Waals surface area contributed by atoms with Crippen molar-refractivity contribution in [3.8, 4) is 11.5 Å². The summed E-state index contributed by atoms with van der Waals surface area (Å²) in [6.45, 7) is 0.464. The van der Waals surface area contributed by atoms with Crippen molar-refractivity contribution in [2.24, 2.45) is 0 Å². The van der Waals surface area contributed by atoms with Crippen LogP contribution in [0.2, 0.25) is 0 Å². The van der Waals surface area contributed by atoms with Crippen LogP contribution in [0.5, 0.6) is 11.5 Å². The third-order valence-electron chi connectivity index (χ3n) is 5.20. The number of amides is 1. The number of hydrogen-bond donors (Lipinski definition) is 1. The van der Waals surface area contributed by atoms with Gasteiger partial charge in [-0.3, -0.25) is 9.10 Å². The van der Waals surface area contributed by atoms with Gasteiger partial charge in [-0.15, -0.1) is 0 Å². The standard InChI is InChI=1S/C25H27FN2O5S/c1-32-23-13-6-18(16-24(23)33-2)14-15-27-25(29)20-7-11-22(12-8-20)28(34(3,30)31)17-19-4-9-21(26)10-5-19/h4-13,16H,14-15,17H2,1-3H3,(H,27,29). The Morgan fingerprint density at radius 3 is 2.12 bits per heavy atom. The summed E-state index contributed by atoms with van der Waals surface area (Å²) in [7, 11) is -0.458. The highest BCUT2D eigenvalue weighted by Gasteiger charge is 2.18. The number of halogens is 1. The molecule has 0 spiro atoms. The summed E-state index contributed by atoms with van der Waals surface area (Å²) in [6, 6.07) is 17.5. The number of ether oxygens (including phenoxy) is 2. The van der Waals surface area contributed by atoms with Crippen LogP contribution >= 0.6 is 0 Å². The van der Waals surface area contributed by atoms with Gasteiger partial charge in [0, 0.05) is 12.1 Å². The number of carbonyl (C=O) groups is 1. The minimum atomic E-state index is -3.60. The molecule has 3 aromatic carbocycles. The predicted octanol–water partition coefficient (Wildman–Crippen LogP) is 3.78. The first kappa shape index (κ1) is 25.0. The number of methoxy groups -OCH3 is 2. The van der Waals surface area contributed by atoms with E-state index in [0.717, 1.165) is 11.8 Å². The first-order valence-corrected chi connectivity index (χ1v) is 12.4. The SMILES string of the molecule is COc1ccc(CCNC(=O)c2ccc(N(Cc3ccc(F)cc3)S(C)(=O)=O)cc2)cc1OC. The van der Waals surface area contributed by atoms with Crippen molar-refractivity contribution in [2.45, 2.75) is 13.0 Å². The average Bonchev–Trinajstić information content (AvgIpc) is 2.83. The number of hydrogen-bond acceptors (Lipinski definition) is 5. The largest absolute Gasteiger partial charge is 0.493 e. The fourth-order valence-corrected chi connectivity index (χ4v) is 4.28. The van der Waals surface area contributed by atoms with Gasteiger partial charge in [-0.25, -0.2) is 12.8 Å². The molecule has 34 heavy (non-hydrogen) atoms. The first-order valence-electron chi connectivity index (χ1n) is 10.5. The van der Waals surface area contributed by atoms with E-state index in [4.69, 9.17) is 9.47 Å². The second kappa shape index (κ2) is 11.0. The molecule has 0 saturated carbocycles. The van der Waals surface area contributed by atoms with Crippen LogP contribution in [0.25, 0.3) is 0 Å². The molecule has 0 aliphatic rings. The molecule has 1 N–H and O–H groups in total. The van der Waals surface area contributed by atoms with E-state index in [1.54, 1.807) is 38.5 Å². The Balaban J connectivity index is 1.64. The Morgan fingerprint density at radius 1 is 0.912 bits per heavy atom. The van der Waals surface area contributed by atoms with Gasteiger partial charge in [-0.05, 0) is 66.1 Å². The van der Waals surface area contributed by atoms with E-state index in [2.05, 4.69) is 5.32 Å². The number of nitrogens with zero attached hydrogens (tertiary/aromatic N) is 1. The molecule has 3 rings (SSSR count). The zero-order valence-electron chi connectivity index (χ0n) is 19.2. The minimum Gasteiger partial charge on any atom is -0.493 e. The van der Waals surface area contributed by atoms with Gasteiger partial charge in [0.25, 0.3) is 5.91 Å². The van der Waals surface area contributed by atoms with Crippen LogP contribution in [0, 0.1) is 5.82 Å². The molecular formula is C25H27FN2O5S. The van der Waals surface area contributed by atoms with Crippen molar-refractivity contribution in [3.63, 3.8) is 0 Å². The quantitative estimate of drug-likeness (QED) is 0.472. The predicted molar refractivity (Wildman–Crippen MR) is 129 cm³/mol. The Kier molecular flexibility index (Phi) is 8.12. The molecule has 0 unspecified atom stereocenters. The maximum absolute atomic E-state index is 13.2. The van der Waals surface area contributed by atoms with Crippen molar-refractivity contribution in [3.05, 3.63) is 89.2 Å². The number of benzene rings is 3. The number of carbonyl (C=O) groups excluding carboxylic acids is 1. The van der Waals surface area contributed by atoms with E-state index < -0.39 is 15.8 Å². The van der Waals surface area contributed by atoms with E-state index in [0.29, 0.717) is 41.3 Å². The fourth-order valence-electron chi connectivity index (χ4n) is 3.39. The van der Waals surface area contributed by atoms with Crippen molar-refractivity contribution in [1.82, 2.24) is 5.32 Å². The monoisotopic (exact) mass is 486 g/mol. The lowest BCUT2D eigenvalue weighted by Gasteiger charge is -2.22. The van der Waals surface area contributed by atoms with E-state index >= 15 is 0 Å². The molecule has 180 valence electrons. The van der Waals surface area contributed by atoms with Gasteiger partial charge in [0.1, 0.15) is 5.82 Å². The average molecular weight is 487 g/mol. The zero-order valence-corrected chi connectivity index (χ0v) is 20.1. The van der Waals surface area contributed by atoms with Crippen molar-refractivity contribution >= 4 is 21.6 Å². The molecule has 0 radical (unpaired) electrons. The molecule has 0 aliphatic carbocycles. The Labute approximate surface area is 199 Å². The Hall–Kier alpha value is -3.59. The molecule has 0 saturated heterocycles. The van der Waals surface area contributed by atoms with E-state index in [1.807, 2.05) is 18.2 Å². The van der Waals surface area contributed by atoms with Crippen molar-refractivity contribution in [1.29, 1.82) is 0 Å². The molecule has 0 heterocycles. The van der Waals surface area contributed by atoms with Crippen LogP contribution < -0.4 is 19.1 Å². The van der Waals surface area contributed by atoms with Crippen molar-refractivity contribution in [2.75, 3.05) is 31.3 Å². The summed E-state index contributed by atoms with van der Waals surface area (Å²) in [4.78, 5) is 12.5. The molecule has 1 amide bonds. The molecule has 9 heteroatoms. The van der Waals surface area contributed by atoms with Crippen LogP contribution in [0.1, 0.15) is 21.5 Å². The zero-order chi connectivity index (χ0) is 24.7. The highest BCUT2D eigenvalue weighted by Crippen LogP contribution is 2.27. The summed E-state index contributed by atoms with van der Waals surface area (Å²) in [5.74, 6) is 0.600. The highest BCUT2D eigenvalue weighted by atomic mass is 32.2. The number of nitrogens with one attached hydrogen (secondary N) is 1. The molecular weight excluding hydrogens is 459 g/mol. The smallest absolute Gasteiger partial charge is 0.251 e. The van der Waals surface area contributed by atoms with E-state index in [9.17, 15) is 17.6 Å². The van der Waals surface area contributed by atoms with Gasteiger partial charge < -0.3 is 14.8 Å².